The van der Waals surface area contributed by atoms with Gasteiger partial charge in [0.25, 0.3) is 5.91 Å². The number of imidazole rings is 2. The van der Waals surface area contributed by atoms with E-state index in [1.807, 2.05) is 52.7 Å². The molecule has 1 N–H and O–H groups in total. The van der Waals surface area contributed by atoms with Crippen LogP contribution in [0, 0.1) is 12.8 Å². The summed E-state index contributed by atoms with van der Waals surface area (Å²) in [7, 11) is 0. The van der Waals surface area contributed by atoms with Crippen LogP contribution in [0.15, 0.2) is 55.4 Å². The van der Waals surface area contributed by atoms with E-state index in [0.717, 1.165) is 11.4 Å². The van der Waals surface area contributed by atoms with Crippen LogP contribution in [-0.2, 0) is 17.9 Å². The number of amides is 2. The molecule has 1 aliphatic rings. The molecular formula is C22H26N6O2. The van der Waals surface area contributed by atoms with Crippen molar-refractivity contribution >= 4 is 11.8 Å². The van der Waals surface area contributed by atoms with Gasteiger partial charge in [0.2, 0.25) is 5.91 Å². The molecule has 4 rings (SSSR count). The number of likely N-dealkylation sites (tertiary alicyclic amines) is 1. The summed E-state index contributed by atoms with van der Waals surface area (Å²) in [5.74, 6) is 0.757. The summed E-state index contributed by atoms with van der Waals surface area (Å²) in [6, 6.07) is 7.65. The number of hydrogen-bond donors (Lipinski definition) is 1. The molecular weight excluding hydrogens is 380 g/mol. The lowest BCUT2D eigenvalue weighted by Gasteiger charge is -2.17. The number of nitrogens with one attached hydrogen (secondary N) is 1. The number of hydrogen-bond acceptors (Lipinski definition) is 4. The first kappa shape index (κ1) is 19.9. The first-order valence-electron chi connectivity index (χ1n) is 10.2. The average Bonchev–Trinajstić information content (AvgIpc) is 3.50. The molecule has 0 aliphatic carbocycles. The number of aryl methyl sites for hydroxylation is 1. The van der Waals surface area contributed by atoms with Crippen molar-refractivity contribution in [1.82, 2.24) is 29.3 Å². The number of rotatable bonds is 7. The van der Waals surface area contributed by atoms with Crippen LogP contribution in [0.1, 0.15) is 28.2 Å². The number of benzene rings is 1. The van der Waals surface area contributed by atoms with Crippen molar-refractivity contribution in [2.24, 2.45) is 5.92 Å². The van der Waals surface area contributed by atoms with E-state index >= 15 is 0 Å². The fourth-order valence-electron chi connectivity index (χ4n) is 3.82. The lowest BCUT2D eigenvalue weighted by atomic mass is 10.1. The molecule has 1 aliphatic heterocycles. The van der Waals surface area contributed by atoms with Crippen LogP contribution in [-0.4, -0.2) is 55.5 Å². The first-order valence-corrected chi connectivity index (χ1v) is 10.2. The Bertz CT molecular complexity index is 1010. The summed E-state index contributed by atoms with van der Waals surface area (Å²) < 4.78 is 3.96. The number of carbonyl (C=O) groups is 2. The Hall–Kier alpha value is -3.42. The minimum atomic E-state index is -0.160. The van der Waals surface area contributed by atoms with Gasteiger partial charge in [-0.05, 0) is 31.0 Å². The van der Waals surface area contributed by atoms with Crippen molar-refractivity contribution in [3.05, 3.63) is 72.3 Å². The predicted octanol–water partition coefficient (Wildman–Crippen LogP) is 1.71. The first-order chi connectivity index (χ1) is 14.6. The van der Waals surface area contributed by atoms with Gasteiger partial charge < -0.3 is 19.4 Å². The maximum absolute atomic E-state index is 12.9. The predicted molar refractivity (Wildman–Crippen MR) is 112 cm³/mol. The van der Waals surface area contributed by atoms with E-state index in [1.54, 1.807) is 23.6 Å². The van der Waals surface area contributed by atoms with E-state index < -0.39 is 0 Å². The summed E-state index contributed by atoms with van der Waals surface area (Å²) in [6.07, 6.45) is 9.73. The molecule has 8 nitrogen and oxygen atoms in total. The number of carbonyl (C=O) groups excluding carboxylic acids is 2. The summed E-state index contributed by atoms with van der Waals surface area (Å²) in [5.41, 5.74) is 1.70. The van der Waals surface area contributed by atoms with E-state index in [-0.39, 0.29) is 17.7 Å². The largest absolute Gasteiger partial charge is 0.354 e. The van der Waals surface area contributed by atoms with Crippen LogP contribution in [0.5, 0.6) is 0 Å². The highest BCUT2D eigenvalue weighted by Crippen LogP contribution is 2.20. The highest BCUT2D eigenvalue weighted by Gasteiger charge is 2.31. The minimum Gasteiger partial charge on any atom is -0.354 e. The van der Waals surface area contributed by atoms with Gasteiger partial charge >= 0.3 is 0 Å². The lowest BCUT2D eigenvalue weighted by molar-refractivity contribution is -0.124. The zero-order valence-corrected chi connectivity index (χ0v) is 17.1. The molecule has 0 saturated carbocycles. The third-order valence-corrected chi connectivity index (χ3v) is 5.52. The molecule has 1 unspecified atom stereocenters. The van der Waals surface area contributed by atoms with Crippen LogP contribution < -0.4 is 5.32 Å². The summed E-state index contributed by atoms with van der Waals surface area (Å²) in [5, 5.41) is 2.99. The second kappa shape index (κ2) is 8.94. The van der Waals surface area contributed by atoms with E-state index in [2.05, 4.69) is 15.3 Å². The SMILES string of the molecule is Cc1nccn1CCNC(=O)C1CCN(C(=O)c2cccc(Cn3ccnc3)c2)C1. The quantitative estimate of drug-likeness (QED) is 0.647. The lowest BCUT2D eigenvalue weighted by Crippen LogP contribution is -2.36. The van der Waals surface area contributed by atoms with Crippen molar-refractivity contribution in [3.63, 3.8) is 0 Å². The molecule has 1 aromatic carbocycles. The van der Waals surface area contributed by atoms with Crippen LogP contribution in [0.3, 0.4) is 0 Å². The van der Waals surface area contributed by atoms with Crippen LogP contribution in [0.4, 0.5) is 0 Å². The van der Waals surface area contributed by atoms with Gasteiger partial charge in [0.05, 0.1) is 12.2 Å². The van der Waals surface area contributed by atoms with E-state index in [0.29, 0.717) is 44.7 Å². The maximum atomic E-state index is 12.9. The summed E-state index contributed by atoms with van der Waals surface area (Å²) in [6.45, 7) is 4.91. The summed E-state index contributed by atoms with van der Waals surface area (Å²) in [4.78, 5) is 35.5. The second-order valence-electron chi connectivity index (χ2n) is 7.63. The van der Waals surface area contributed by atoms with Gasteiger partial charge in [0.1, 0.15) is 5.82 Å². The molecule has 2 aromatic heterocycles. The molecule has 0 bridgehead atoms. The van der Waals surface area contributed by atoms with Crippen molar-refractivity contribution < 1.29 is 9.59 Å². The fraction of sp³-hybridized carbons (Fsp3) is 0.364. The Labute approximate surface area is 175 Å². The van der Waals surface area contributed by atoms with Gasteiger partial charge in [-0.1, -0.05) is 12.1 Å². The number of nitrogens with zero attached hydrogens (tertiary/aromatic N) is 5. The standard InChI is InChI=1S/C22H26N6O2/c1-17-24-7-11-27(17)12-8-25-21(29)20-5-9-28(15-20)22(30)19-4-2-3-18(13-19)14-26-10-6-23-16-26/h2-4,6-7,10-11,13,16,20H,5,8-9,12,14-15H2,1H3,(H,25,29). The van der Waals surface area contributed by atoms with E-state index in [1.165, 1.54) is 0 Å². The van der Waals surface area contributed by atoms with Crippen LogP contribution >= 0.6 is 0 Å². The Balaban J connectivity index is 1.30. The van der Waals surface area contributed by atoms with Crippen molar-refractivity contribution in [2.45, 2.75) is 26.4 Å². The average molecular weight is 406 g/mol. The smallest absolute Gasteiger partial charge is 0.253 e. The third kappa shape index (κ3) is 4.59. The van der Waals surface area contributed by atoms with Gasteiger partial charge in [-0.2, -0.15) is 0 Å². The van der Waals surface area contributed by atoms with Crippen LogP contribution in [0.2, 0.25) is 0 Å². The van der Waals surface area contributed by atoms with Crippen molar-refractivity contribution in [2.75, 3.05) is 19.6 Å². The van der Waals surface area contributed by atoms with Crippen molar-refractivity contribution in [3.8, 4) is 0 Å². The van der Waals surface area contributed by atoms with E-state index in [9.17, 15) is 9.59 Å². The molecule has 1 atom stereocenters. The Kier molecular flexibility index (Phi) is 5.92. The minimum absolute atomic E-state index is 0.0110. The molecule has 0 radical (unpaired) electrons. The molecule has 3 aromatic rings. The molecule has 3 heterocycles. The summed E-state index contributed by atoms with van der Waals surface area (Å²) >= 11 is 0. The van der Waals surface area contributed by atoms with Gasteiger partial charge in [-0.25, -0.2) is 9.97 Å². The Morgan fingerprint density at radius 3 is 2.90 bits per heavy atom. The molecule has 30 heavy (non-hydrogen) atoms. The Morgan fingerprint density at radius 2 is 2.13 bits per heavy atom. The molecule has 1 fully saturated rings. The Morgan fingerprint density at radius 1 is 1.23 bits per heavy atom. The fourth-order valence-corrected chi connectivity index (χ4v) is 3.82. The molecule has 1 saturated heterocycles. The highest BCUT2D eigenvalue weighted by molar-refractivity contribution is 5.95. The van der Waals surface area contributed by atoms with Crippen LogP contribution in [0.25, 0.3) is 0 Å². The zero-order valence-electron chi connectivity index (χ0n) is 17.1. The molecule has 0 spiro atoms. The maximum Gasteiger partial charge on any atom is 0.253 e. The zero-order chi connectivity index (χ0) is 20.9. The van der Waals surface area contributed by atoms with Gasteiger partial charge in [0.15, 0.2) is 0 Å². The second-order valence-corrected chi connectivity index (χ2v) is 7.63. The molecule has 8 heteroatoms. The van der Waals surface area contributed by atoms with Gasteiger partial charge in [0, 0.05) is 63.1 Å². The van der Waals surface area contributed by atoms with Crippen molar-refractivity contribution in [1.29, 1.82) is 0 Å². The molecule has 156 valence electrons. The number of aromatic nitrogens is 4. The molecule has 2 amide bonds. The normalized spacial score (nSPS) is 16.0. The van der Waals surface area contributed by atoms with E-state index in [4.69, 9.17) is 0 Å². The monoisotopic (exact) mass is 406 g/mol. The highest BCUT2D eigenvalue weighted by atomic mass is 16.2. The topological polar surface area (TPSA) is 85.0 Å². The third-order valence-electron chi connectivity index (χ3n) is 5.52. The van der Waals surface area contributed by atoms with Gasteiger partial charge in [-0.3, -0.25) is 9.59 Å². The van der Waals surface area contributed by atoms with Gasteiger partial charge in [-0.15, -0.1) is 0 Å².